The van der Waals surface area contributed by atoms with Gasteiger partial charge in [-0.05, 0) is 39.0 Å². The minimum absolute atomic E-state index is 0.0964. The first-order valence-corrected chi connectivity index (χ1v) is 9.35. The molecule has 2 aromatic heterocycles. The smallest absolute Gasteiger partial charge is 0.260 e. The second kappa shape index (κ2) is 5.82. The highest BCUT2D eigenvalue weighted by atomic mass is 16.4. The maximum atomic E-state index is 13.3. The van der Waals surface area contributed by atoms with Gasteiger partial charge in [-0.2, -0.15) is 5.10 Å². The number of nitrogens with zero attached hydrogens (tertiary/aromatic N) is 5. The molecule has 8 nitrogen and oxygen atoms in total. The molecule has 140 valence electrons. The molecule has 2 aromatic rings. The minimum atomic E-state index is -0.483. The zero-order valence-corrected chi connectivity index (χ0v) is 15.8. The molecule has 2 aliphatic rings. The lowest BCUT2D eigenvalue weighted by Gasteiger charge is -2.47. The lowest BCUT2D eigenvalue weighted by molar-refractivity contribution is -0.00366. The van der Waals surface area contributed by atoms with Crippen molar-refractivity contribution in [2.75, 3.05) is 12.3 Å². The molecule has 1 saturated heterocycles. The quantitative estimate of drug-likeness (QED) is 0.901. The summed E-state index contributed by atoms with van der Waals surface area (Å²) in [6.07, 6.45) is 4.44. The lowest BCUT2D eigenvalue weighted by atomic mass is 9.67. The van der Waals surface area contributed by atoms with Crippen molar-refractivity contribution >= 4 is 11.7 Å². The van der Waals surface area contributed by atoms with Crippen LogP contribution in [-0.4, -0.2) is 37.3 Å². The maximum absolute atomic E-state index is 13.3. The number of nitrogen functional groups attached to an aromatic ring is 1. The van der Waals surface area contributed by atoms with Gasteiger partial charge in [0.2, 0.25) is 11.8 Å². The molecular formula is C18H26N6O2. The van der Waals surface area contributed by atoms with E-state index in [4.69, 9.17) is 10.2 Å². The van der Waals surface area contributed by atoms with Crippen LogP contribution in [0.2, 0.25) is 0 Å². The van der Waals surface area contributed by atoms with Crippen molar-refractivity contribution in [2.24, 2.45) is 5.92 Å². The van der Waals surface area contributed by atoms with Crippen LogP contribution in [0.3, 0.4) is 0 Å². The number of rotatable bonds is 4. The summed E-state index contributed by atoms with van der Waals surface area (Å²) in [4.78, 5) is 15.2. The Bertz CT molecular complexity index is 839. The van der Waals surface area contributed by atoms with Crippen molar-refractivity contribution in [3.05, 3.63) is 23.5 Å². The van der Waals surface area contributed by atoms with Crippen LogP contribution < -0.4 is 5.73 Å². The van der Waals surface area contributed by atoms with E-state index in [0.29, 0.717) is 35.6 Å². The first kappa shape index (κ1) is 17.1. The van der Waals surface area contributed by atoms with E-state index in [1.54, 1.807) is 10.9 Å². The molecule has 26 heavy (non-hydrogen) atoms. The molecule has 4 rings (SSSR count). The summed E-state index contributed by atoms with van der Waals surface area (Å²) in [5, 5.41) is 12.8. The van der Waals surface area contributed by atoms with Crippen molar-refractivity contribution in [1.29, 1.82) is 0 Å². The van der Waals surface area contributed by atoms with Gasteiger partial charge < -0.3 is 15.1 Å². The first-order valence-electron chi connectivity index (χ1n) is 9.35. The average Bonchev–Trinajstić information content (AvgIpc) is 3.24. The molecule has 2 N–H and O–H groups in total. The topological polar surface area (TPSA) is 103 Å². The van der Waals surface area contributed by atoms with Gasteiger partial charge in [0.05, 0.1) is 6.20 Å². The van der Waals surface area contributed by atoms with Crippen LogP contribution in [0, 0.1) is 5.92 Å². The third-order valence-electron chi connectivity index (χ3n) is 5.84. The fourth-order valence-electron chi connectivity index (χ4n) is 4.26. The van der Waals surface area contributed by atoms with E-state index in [1.807, 2.05) is 32.6 Å². The number of nitrogens with two attached hydrogens (primary N) is 1. The van der Waals surface area contributed by atoms with E-state index in [0.717, 1.165) is 19.3 Å². The Morgan fingerprint density at radius 1 is 1.31 bits per heavy atom. The van der Waals surface area contributed by atoms with Gasteiger partial charge in [0.15, 0.2) is 0 Å². The predicted molar refractivity (Wildman–Crippen MR) is 95.5 cm³/mol. The molecule has 0 bridgehead atoms. The van der Waals surface area contributed by atoms with Crippen LogP contribution in [0.5, 0.6) is 0 Å². The summed E-state index contributed by atoms with van der Waals surface area (Å²) in [7, 11) is 0. The Morgan fingerprint density at radius 2 is 2.08 bits per heavy atom. The second-order valence-electron chi connectivity index (χ2n) is 7.99. The molecule has 8 heteroatoms. The zero-order chi connectivity index (χ0) is 18.6. The molecule has 2 atom stereocenters. The van der Waals surface area contributed by atoms with E-state index < -0.39 is 5.54 Å². The lowest BCUT2D eigenvalue weighted by Crippen LogP contribution is -2.54. The SMILES string of the molecule is CC(C)c1nnc([C@]23CC[C@H]2CCN3C(=O)c2cnn(C(C)C)c2N)o1. The number of aromatic nitrogens is 4. The van der Waals surface area contributed by atoms with Crippen LogP contribution in [0.4, 0.5) is 5.82 Å². The van der Waals surface area contributed by atoms with Gasteiger partial charge in [-0.25, -0.2) is 4.68 Å². The molecular weight excluding hydrogens is 332 g/mol. The number of amides is 1. The van der Waals surface area contributed by atoms with E-state index >= 15 is 0 Å². The van der Waals surface area contributed by atoms with Gasteiger partial charge >= 0.3 is 0 Å². The number of hydrogen-bond donors (Lipinski definition) is 1. The van der Waals surface area contributed by atoms with Crippen molar-refractivity contribution in [3.63, 3.8) is 0 Å². The molecule has 1 aliphatic carbocycles. The number of carbonyl (C=O) groups is 1. The van der Waals surface area contributed by atoms with E-state index in [9.17, 15) is 4.79 Å². The highest BCUT2D eigenvalue weighted by Crippen LogP contribution is 2.57. The summed E-state index contributed by atoms with van der Waals surface area (Å²) < 4.78 is 7.65. The highest BCUT2D eigenvalue weighted by Gasteiger charge is 2.61. The minimum Gasteiger partial charge on any atom is -0.422 e. The van der Waals surface area contributed by atoms with Crippen molar-refractivity contribution in [1.82, 2.24) is 24.9 Å². The number of anilines is 1. The molecule has 0 unspecified atom stereocenters. The highest BCUT2D eigenvalue weighted by molar-refractivity contribution is 5.99. The standard InChI is InChI=1S/C18H26N6O2/c1-10(2)15-21-22-17(26-15)18-7-5-12(18)6-8-23(18)16(25)13-9-20-24(11(3)4)14(13)19/h9-12H,5-8,19H2,1-4H3/t12-,18-/m0/s1. The van der Waals surface area contributed by atoms with Crippen LogP contribution in [0.1, 0.15) is 81.1 Å². The molecule has 1 amide bonds. The van der Waals surface area contributed by atoms with Gasteiger partial charge in [-0.1, -0.05) is 13.8 Å². The van der Waals surface area contributed by atoms with Crippen LogP contribution in [0.25, 0.3) is 0 Å². The van der Waals surface area contributed by atoms with Gasteiger partial charge in [-0.3, -0.25) is 4.79 Å². The summed E-state index contributed by atoms with van der Waals surface area (Å²) in [6, 6.07) is 0.102. The summed E-state index contributed by atoms with van der Waals surface area (Å²) >= 11 is 0. The van der Waals surface area contributed by atoms with Gasteiger partial charge in [0.25, 0.3) is 5.91 Å². The molecule has 0 aromatic carbocycles. The summed E-state index contributed by atoms with van der Waals surface area (Å²) in [6.45, 7) is 8.69. The summed E-state index contributed by atoms with van der Waals surface area (Å²) in [5.41, 5.74) is 6.17. The molecule has 2 fully saturated rings. The third-order valence-corrected chi connectivity index (χ3v) is 5.84. The Kier molecular flexibility index (Phi) is 3.82. The Balaban J connectivity index is 1.70. The molecule has 0 spiro atoms. The second-order valence-corrected chi connectivity index (χ2v) is 7.99. The number of fused-ring (bicyclic) bond motifs is 1. The van der Waals surface area contributed by atoms with Crippen LogP contribution in [0.15, 0.2) is 10.6 Å². The Hall–Kier alpha value is -2.38. The first-order chi connectivity index (χ1) is 12.4. The number of carbonyl (C=O) groups excluding carboxylic acids is 1. The van der Waals surface area contributed by atoms with E-state index in [2.05, 4.69) is 15.3 Å². The number of hydrogen-bond acceptors (Lipinski definition) is 6. The van der Waals surface area contributed by atoms with Gasteiger partial charge in [0.1, 0.15) is 16.9 Å². The van der Waals surface area contributed by atoms with Crippen molar-refractivity contribution in [2.45, 2.75) is 64.5 Å². The van der Waals surface area contributed by atoms with Crippen LogP contribution in [-0.2, 0) is 5.54 Å². The van der Waals surface area contributed by atoms with Crippen molar-refractivity contribution in [3.8, 4) is 0 Å². The molecule has 0 radical (unpaired) electrons. The van der Waals surface area contributed by atoms with E-state index in [-0.39, 0.29) is 17.9 Å². The fourth-order valence-corrected chi connectivity index (χ4v) is 4.26. The normalized spacial score (nSPS) is 25.0. The van der Waals surface area contributed by atoms with E-state index in [1.165, 1.54) is 0 Å². The largest absolute Gasteiger partial charge is 0.422 e. The third kappa shape index (κ3) is 2.20. The molecule has 3 heterocycles. The summed E-state index contributed by atoms with van der Waals surface area (Å²) in [5.74, 6) is 2.03. The number of likely N-dealkylation sites (tertiary alicyclic amines) is 1. The van der Waals surface area contributed by atoms with Crippen molar-refractivity contribution < 1.29 is 9.21 Å². The zero-order valence-electron chi connectivity index (χ0n) is 15.8. The Morgan fingerprint density at radius 3 is 2.62 bits per heavy atom. The van der Waals surface area contributed by atoms with Gasteiger partial charge in [-0.15, -0.1) is 10.2 Å². The fraction of sp³-hybridized carbons (Fsp3) is 0.667. The molecule has 1 aliphatic heterocycles. The molecule has 1 saturated carbocycles. The van der Waals surface area contributed by atoms with Crippen LogP contribution >= 0.6 is 0 Å². The average molecular weight is 358 g/mol. The monoisotopic (exact) mass is 358 g/mol. The maximum Gasteiger partial charge on any atom is 0.260 e. The predicted octanol–water partition coefficient (Wildman–Crippen LogP) is 2.70. The van der Waals surface area contributed by atoms with Gasteiger partial charge in [0, 0.05) is 18.5 Å². The Labute approximate surface area is 152 Å².